The molecule has 0 aliphatic rings. The molecule has 8 heteroatoms. The maximum atomic E-state index is 12.2. The Morgan fingerprint density at radius 2 is 1.93 bits per heavy atom. The van der Waals surface area contributed by atoms with Crippen LogP contribution >= 0.6 is 11.8 Å². The van der Waals surface area contributed by atoms with E-state index in [1.165, 1.54) is 11.8 Å². The molecular weight excluding hydrogens is 388 g/mol. The molecular formula is C21H24N4O3S. The van der Waals surface area contributed by atoms with Gasteiger partial charge in [0, 0.05) is 12.2 Å². The molecule has 7 nitrogen and oxygen atoms in total. The van der Waals surface area contributed by atoms with Crippen LogP contribution in [0.15, 0.2) is 64.5 Å². The van der Waals surface area contributed by atoms with Crippen LogP contribution in [0, 0.1) is 0 Å². The minimum absolute atomic E-state index is 0.162. The molecule has 3 rings (SSSR count). The Bertz CT molecular complexity index is 968. The second kappa shape index (κ2) is 10.5. The van der Waals surface area contributed by atoms with Crippen molar-refractivity contribution in [2.75, 3.05) is 11.1 Å². The molecule has 152 valence electrons. The van der Waals surface area contributed by atoms with Gasteiger partial charge < -0.3 is 10.1 Å². The first-order chi connectivity index (χ1) is 14.2. The molecule has 1 amide bonds. The van der Waals surface area contributed by atoms with Gasteiger partial charge in [-0.2, -0.15) is 0 Å². The van der Waals surface area contributed by atoms with Crippen molar-refractivity contribution in [1.29, 1.82) is 0 Å². The molecule has 3 aromatic rings. The lowest BCUT2D eigenvalue weighted by Gasteiger charge is -2.09. The molecule has 0 saturated carbocycles. The Morgan fingerprint density at radius 3 is 2.66 bits per heavy atom. The normalized spacial score (nSPS) is 10.7. The van der Waals surface area contributed by atoms with Gasteiger partial charge in [0.25, 0.3) is 0 Å². The van der Waals surface area contributed by atoms with E-state index in [2.05, 4.69) is 22.4 Å². The second-order valence-electron chi connectivity index (χ2n) is 6.45. The number of aromatic amines is 1. The van der Waals surface area contributed by atoms with E-state index < -0.39 is 0 Å². The highest BCUT2D eigenvalue weighted by molar-refractivity contribution is 7.99. The number of nitrogens with one attached hydrogen (secondary N) is 2. The third kappa shape index (κ3) is 6.25. The predicted molar refractivity (Wildman–Crippen MR) is 114 cm³/mol. The summed E-state index contributed by atoms with van der Waals surface area (Å²) in [6, 6.07) is 17.2. The van der Waals surface area contributed by atoms with E-state index in [9.17, 15) is 9.59 Å². The van der Waals surface area contributed by atoms with E-state index in [0.717, 1.165) is 24.2 Å². The van der Waals surface area contributed by atoms with Gasteiger partial charge in [-0.3, -0.25) is 9.36 Å². The Hall–Kier alpha value is -3.00. The van der Waals surface area contributed by atoms with Crippen LogP contribution in [0.25, 0.3) is 0 Å². The molecule has 0 unspecified atom stereocenters. The lowest BCUT2D eigenvalue weighted by atomic mass is 10.2. The van der Waals surface area contributed by atoms with Gasteiger partial charge in [0.2, 0.25) is 5.91 Å². The first-order valence-corrected chi connectivity index (χ1v) is 10.5. The number of unbranched alkanes of at least 4 members (excludes halogenated alkanes) is 1. The van der Waals surface area contributed by atoms with Crippen LogP contribution < -0.4 is 15.7 Å². The van der Waals surface area contributed by atoms with Gasteiger partial charge in [-0.1, -0.05) is 55.4 Å². The van der Waals surface area contributed by atoms with Crippen molar-refractivity contribution in [1.82, 2.24) is 14.8 Å². The molecule has 0 atom stereocenters. The SMILES string of the molecule is CCCCn1c(SCC(=O)Nc2ccc(OCc3ccccc3)cc2)n[nH]c1=O. The zero-order valence-electron chi connectivity index (χ0n) is 16.3. The van der Waals surface area contributed by atoms with Gasteiger partial charge >= 0.3 is 5.69 Å². The standard InChI is InChI=1S/C21H24N4O3S/c1-2-3-13-25-20(27)23-24-21(25)29-15-19(26)22-17-9-11-18(12-10-17)28-14-16-7-5-4-6-8-16/h4-12H,2-3,13-15H2,1H3,(H,22,26)(H,23,27). The fraction of sp³-hybridized carbons (Fsp3) is 0.286. The first-order valence-electron chi connectivity index (χ1n) is 9.50. The molecule has 0 aliphatic heterocycles. The molecule has 0 fully saturated rings. The summed E-state index contributed by atoms with van der Waals surface area (Å²) >= 11 is 1.24. The van der Waals surface area contributed by atoms with Crippen molar-refractivity contribution in [3.05, 3.63) is 70.6 Å². The largest absolute Gasteiger partial charge is 0.489 e. The van der Waals surface area contributed by atoms with Crippen molar-refractivity contribution >= 4 is 23.4 Å². The summed E-state index contributed by atoms with van der Waals surface area (Å²) < 4.78 is 7.31. The van der Waals surface area contributed by atoms with E-state index >= 15 is 0 Å². The van der Waals surface area contributed by atoms with Crippen LogP contribution in [-0.2, 0) is 17.9 Å². The van der Waals surface area contributed by atoms with Crippen LogP contribution in [0.4, 0.5) is 5.69 Å². The molecule has 29 heavy (non-hydrogen) atoms. The highest BCUT2D eigenvalue weighted by atomic mass is 32.2. The van der Waals surface area contributed by atoms with Crippen molar-refractivity contribution in [3.8, 4) is 5.75 Å². The second-order valence-corrected chi connectivity index (χ2v) is 7.39. The molecule has 0 radical (unpaired) electrons. The summed E-state index contributed by atoms with van der Waals surface area (Å²) in [5.41, 5.74) is 1.54. The number of amides is 1. The molecule has 1 aromatic heterocycles. The highest BCUT2D eigenvalue weighted by Crippen LogP contribution is 2.18. The number of aromatic nitrogens is 3. The number of benzene rings is 2. The third-order valence-electron chi connectivity index (χ3n) is 4.18. The minimum atomic E-state index is -0.243. The van der Waals surface area contributed by atoms with Crippen molar-refractivity contribution in [2.24, 2.45) is 0 Å². The fourth-order valence-electron chi connectivity index (χ4n) is 2.63. The smallest absolute Gasteiger partial charge is 0.343 e. The van der Waals surface area contributed by atoms with Crippen LogP contribution in [0.1, 0.15) is 25.3 Å². The third-order valence-corrected chi connectivity index (χ3v) is 5.15. The quantitative estimate of drug-likeness (QED) is 0.496. The summed E-state index contributed by atoms with van der Waals surface area (Å²) in [5.74, 6) is 0.742. The number of nitrogens with zero attached hydrogens (tertiary/aromatic N) is 2. The number of H-pyrrole nitrogens is 1. The molecule has 0 bridgehead atoms. The van der Waals surface area contributed by atoms with E-state index in [1.807, 2.05) is 42.5 Å². The number of thioether (sulfide) groups is 1. The zero-order valence-corrected chi connectivity index (χ0v) is 17.1. The van der Waals surface area contributed by atoms with Gasteiger partial charge in [-0.05, 0) is 36.2 Å². The average molecular weight is 413 g/mol. The van der Waals surface area contributed by atoms with Gasteiger partial charge in [0.05, 0.1) is 5.75 Å². The highest BCUT2D eigenvalue weighted by Gasteiger charge is 2.11. The van der Waals surface area contributed by atoms with Gasteiger partial charge in [0.15, 0.2) is 5.16 Å². The Kier molecular flexibility index (Phi) is 7.52. The lowest BCUT2D eigenvalue weighted by Crippen LogP contribution is -2.19. The van der Waals surface area contributed by atoms with E-state index in [1.54, 1.807) is 16.7 Å². The number of ether oxygens (including phenoxy) is 1. The number of anilines is 1. The molecule has 2 N–H and O–H groups in total. The minimum Gasteiger partial charge on any atom is -0.489 e. The average Bonchev–Trinajstić information content (AvgIpc) is 3.10. The topological polar surface area (TPSA) is 89.0 Å². The molecule has 0 aliphatic carbocycles. The number of hydrogen-bond donors (Lipinski definition) is 2. The molecule has 1 heterocycles. The van der Waals surface area contributed by atoms with E-state index in [-0.39, 0.29) is 17.3 Å². The summed E-state index contributed by atoms with van der Waals surface area (Å²) in [5, 5.41) is 9.81. The van der Waals surface area contributed by atoms with Gasteiger partial charge in [-0.25, -0.2) is 9.89 Å². The number of hydrogen-bond acceptors (Lipinski definition) is 5. The van der Waals surface area contributed by atoms with Crippen molar-refractivity contribution in [3.63, 3.8) is 0 Å². The van der Waals surface area contributed by atoms with Crippen molar-refractivity contribution < 1.29 is 9.53 Å². The monoisotopic (exact) mass is 412 g/mol. The fourth-order valence-corrected chi connectivity index (χ4v) is 3.40. The summed E-state index contributed by atoms with van der Waals surface area (Å²) in [4.78, 5) is 24.0. The molecule has 0 spiro atoms. The zero-order chi connectivity index (χ0) is 20.5. The first kappa shape index (κ1) is 20.7. The number of carbonyl (C=O) groups is 1. The number of rotatable bonds is 10. The Balaban J connectivity index is 1.48. The maximum Gasteiger partial charge on any atom is 0.343 e. The Labute approximate surface area is 173 Å². The van der Waals surface area contributed by atoms with Crippen LogP contribution in [-0.4, -0.2) is 26.4 Å². The van der Waals surface area contributed by atoms with Gasteiger partial charge in [0.1, 0.15) is 12.4 Å². The van der Waals surface area contributed by atoms with Crippen LogP contribution in [0.2, 0.25) is 0 Å². The van der Waals surface area contributed by atoms with E-state index in [4.69, 9.17) is 4.74 Å². The lowest BCUT2D eigenvalue weighted by molar-refractivity contribution is -0.113. The molecule has 0 saturated heterocycles. The maximum absolute atomic E-state index is 12.2. The summed E-state index contributed by atoms with van der Waals surface area (Å²) in [6.45, 7) is 3.15. The van der Waals surface area contributed by atoms with Crippen molar-refractivity contribution in [2.45, 2.75) is 38.1 Å². The summed E-state index contributed by atoms with van der Waals surface area (Å²) in [6.07, 6.45) is 1.87. The molecule has 2 aromatic carbocycles. The predicted octanol–water partition coefficient (Wildman–Crippen LogP) is 3.68. The van der Waals surface area contributed by atoms with E-state index in [0.29, 0.717) is 24.0 Å². The van der Waals surface area contributed by atoms with Crippen LogP contribution in [0.5, 0.6) is 5.75 Å². The Morgan fingerprint density at radius 1 is 1.17 bits per heavy atom. The summed E-state index contributed by atoms with van der Waals surface area (Å²) in [7, 11) is 0. The van der Waals surface area contributed by atoms with Crippen LogP contribution in [0.3, 0.4) is 0 Å². The van der Waals surface area contributed by atoms with Gasteiger partial charge in [-0.15, -0.1) is 5.10 Å². The number of carbonyl (C=O) groups excluding carboxylic acids is 1.